The summed E-state index contributed by atoms with van der Waals surface area (Å²) in [6.45, 7) is 0.801. The molecule has 6 nitrogen and oxygen atoms in total. The van der Waals surface area contributed by atoms with Crippen LogP contribution in [-0.2, 0) is 21.2 Å². The van der Waals surface area contributed by atoms with Crippen molar-refractivity contribution in [3.8, 4) is 0 Å². The zero-order valence-corrected chi connectivity index (χ0v) is 17.1. The van der Waals surface area contributed by atoms with E-state index in [-0.39, 0.29) is 17.2 Å². The number of likely N-dealkylation sites (tertiary alicyclic amines) is 1. The fraction of sp³-hybridized carbons (Fsp3) is 0.300. The number of halogens is 1. The van der Waals surface area contributed by atoms with Crippen molar-refractivity contribution in [1.82, 2.24) is 4.90 Å². The van der Waals surface area contributed by atoms with Gasteiger partial charge in [0.1, 0.15) is 5.84 Å². The lowest BCUT2D eigenvalue weighted by molar-refractivity contribution is -0.116. The van der Waals surface area contributed by atoms with Gasteiger partial charge in [-0.1, -0.05) is 35.9 Å². The van der Waals surface area contributed by atoms with Crippen LogP contribution in [0.3, 0.4) is 0 Å². The van der Waals surface area contributed by atoms with Crippen LogP contribution in [0, 0.1) is 0 Å². The number of aryl methyl sites for hydroxylation is 1. The lowest BCUT2D eigenvalue weighted by atomic mass is 10.1. The molecule has 0 spiro atoms. The molecule has 2 aromatic carbocycles. The number of amides is 1. The molecule has 0 aliphatic carbocycles. The number of nitrogens with one attached hydrogen (secondary N) is 1. The standard InChI is InChI=1S/C20H22ClN3O3S/c1-24-13-5-10-19(24)23-28(26,27)17-8-4-7-16(14-17)22-20(25)12-11-15-6-2-3-9-18(15)21/h2-4,6-9,14H,5,10-13H2,1H3,(H,22,25)/b23-19-. The Morgan fingerprint density at radius 2 is 2.00 bits per heavy atom. The smallest absolute Gasteiger partial charge is 0.284 e. The number of carbonyl (C=O) groups excluding carboxylic acids is 1. The van der Waals surface area contributed by atoms with Gasteiger partial charge in [0.25, 0.3) is 10.0 Å². The Bertz CT molecular complexity index is 1010. The van der Waals surface area contributed by atoms with Gasteiger partial charge >= 0.3 is 0 Å². The van der Waals surface area contributed by atoms with E-state index in [4.69, 9.17) is 11.6 Å². The van der Waals surface area contributed by atoms with Crippen LogP contribution in [0.1, 0.15) is 24.8 Å². The predicted octanol–water partition coefficient (Wildman–Crippen LogP) is 3.72. The Labute approximate surface area is 170 Å². The highest BCUT2D eigenvalue weighted by molar-refractivity contribution is 7.90. The minimum atomic E-state index is -3.82. The van der Waals surface area contributed by atoms with Gasteiger partial charge < -0.3 is 10.2 Å². The molecule has 1 aliphatic heterocycles. The summed E-state index contributed by atoms with van der Waals surface area (Å²) in [5, 5.41) is 3.37. The predicted molar refractivity (Wildman–Crippen MR) is 111 cm³/mol. The van der Waals surface area contributed by atoms with Crippen molar-refractivity contribution in [2.75, 3.05) is 18.9 Å². The van der Waals surface area contributed by atoms with E-state index >= 15 is 0 Å². The van der Waals surface area contributed by atoms with Crippen molar-refractivity contribution in [2.24, 2.45) is 4.40 Å². The molecule has 2 aromatic rings. The van der Waals surface area contributed by atoms with Crippen molar-refractivity contribution in [3.05, 3.63) is 59.1 Å². The van der Waals surface area contributed by atoms with Crippen LogP contribution >= 0.6 is 11.6 Å². The number of sulfonamides is 1. The van der Waals surface area contributed by atoms with Crippen LogP contribution in [0.4, 0.5) is 5.69 Å². The van der Waals surface area contributed by atoms with Gasteiger partial charge in [-0.2, -0.15) is 8.42 Å². The quantitative estimate of drug-likeness (QED) is 0.773. The van der Waals surface area contributed by atoms with Gasteiger partial charge in [0, 0.05) is 37.1 Å². The third-order valence-corrected chi connectivity index (χ3v) is 6.22. The number of hydrogen-bond donors (Lipinski definition) is 1. The van der Waals surface area contributed by atoms with Gasteiger partial charge in [0.15, 0.2) is 0 Å². The van der Waals surface area contributed by atoms with E-state index in [1.165, 1.54) is 12.1 Å². The SMILES string of the molecule is CN1CCC/C1=N/S(=O)(=O)c1cccc(NC(=O)CCc2ccccc2Cl)c1. The minimum absolute atomic E-state index is 0.0594. The molecule has 1 amide bonds. The van der Waals surface area contributed by atoms with Crippen molar-refractivity contribution in [1.29, 1.82) is 0 Å². The molecule has 1 heterocycles. The Hall–Kier alpha value is -2.38. The zero-order chi connectivity index (χ0) is 20.1. The maximum Gasteiger partial charge on any atom is 0.284 e. The van der Waals surface area contributed by atoms with Crippen molar-refractivity contribution in [2.45, 2.75) is 30.6 Å². The molecule has 1 fully saturated rings. The maximum atomic E-state index is 12.6. The molecule has 0 radical (unpaired) electrons. The number of benzene rings is 2. The molecule has 8 heteroatoms. The van der Waals surface area contributed by atoms with Crippen LogP contribution in [0.5, 0.6) is 0 Å². The molecular weight excluding hydrogens is 398 g/mol. The second kappa shape index (κ2) is 8.75. The summed E-state index contributed by atoms with van der Waals surface area (Å²) in [5.41, 5.74) is 1.32. The fourth-order valence-corrected chi connectivity index (χ4v) is 4.38. The van der Waals surface area contributed by atoms with Crippen molar-refractivity contribution < 1.29 is 13.2 Å². The van der Waals surface area contributed by atoms with Gasteiger partial charge in [0.05, 0.1) is 4.90 Å². The van der Waals surface area contributed by atoms with E-state index in [1.807, 2.05) is 30.1 Å². The lowest BCUT2D eigenvalue weighted by Gasteiger charge is -2.11. The average Bonchev–Trinajstić information content (AvgIpc) is 3.05. The van der Waals surface area contributed by atoms with Crippen molar-refractivity contribution >= 4 is 39.1 Å². The topological polar surface area (TPSA) is 78.8 Å². The van der Waals surface area contributed by atoms with Gasteiger partial charge in [-0.25, -0.2) is 0 Å². The highest BCUT2D eigenvalue weighted by atomic mass is 35.5. The molecule has 148 valence electrons. The molecule has 1 N–H and O–H groups in total. The zero-order valence-electron chi connectivity index (χ0n) is 15.6. The highest BCUT2D eigenvalue weighted by Gasteiger charge is 2.20. The number of carbonyl (C=O) groups is 1. The Balaban J connectivity index is 1.67. The van der Waals surface area contributed by atoms with Crippen LogP contribution in [0.2, 0.25) is 5.02 Å². The average molecular weight is 420 g/mol. The molecule has 1 saturated heterocycles. The van der Waals surface area contributed by atoms with E-state index in [0.29, 0.717) is 29.4 Å². The summed E-state index contributed by atoms with van der Waals surface area (Å²) in [7, 11) is -1.99. The second-order valence-electron chi connectivity index (χ2n) is 6.68. The number of nitrogens with zero attached hydrogens (tertiary/aromatic N) is 2. The second-order valence-corrected chi connectivity index (χ2v) is 8.69. The van der Waals surface area contributed by atoms with E-state index in [2.05, 4.69) is 9.71 Å². The first-order valence-corrected chi connectivity index (χ1v) is 10.9. The van der Waals surface area contributed by atoms with E-state index in [9.17, 15) is 13.2 Å². The molecule has 1 aliphatic rings. The molecule has 0 bridgehead atoms. The van der Waals surface area contributed by atoms with Gasteiger partial charge in [-0.3, -0.25) is 4.79 Å². The van der Waals surface area contributed by atoms with Crippen LogP contribution in [-0.4, -0.2) is 38.7 Å². The molecule has 0 saturated carbocycles. The summed E-state index contributed by atoms with van der Waals surface area (Å²) >= 11 is 6.10. The minimum Gasteiger partial charge on any atom is -0.362 e. The van der Waals surface area contributed by atoms with Crippen LogP contribution in [0.25, 0.3) is 0 Å². The Morgan fingerprint density at radius 1 is 1.21 bits per heavy atom. The van der Waals surface area contributed by atoms with Crippen molar-refractivity contribution in [3.63, 3.8) is 0 Å². The number of amidine groups is 1. The normalized spacial score (nSPS) is 15.8. The van der Waals surface area contributed by atoms with Gasteiger partial charge in [-0.05, 0) is 42.7 Å². The molecule has 0 atom stereocenters. The molecular formula is C20H22ClN3O3S. The number of hydrogen-bond acceptors (Lipinski definition) is 3. The summed E-state index contributed by atoms with van der Waals surface area (Å²) in [4.78, 5) is 14.1. The monoisotopic (exact) mass is 419 g/mol. The Kier molecular flexibility index (Phi) is 6.36. The molecule has 3 rings (SSSR count). The van der Waals surface area contributed by atoms with Crippen LogP contribution < -0.4 is 5.32 Å². The summed E-state index contributed by atoms with van der Waals surface area (Å²) < 4.78 is 29.1. The maximum absolute atomic E-state index is 12.6. The summed E-state index contributed by atoms with van der Waals surface area (Å²) in [6, 6.07) is 13.5. The number of anilines is 1. The Morgan fingerprint density at radius 3 is 2.71 bits per heavy atom. The highest BCUT2D eigenvalue weighted by Crippen LogP contribution is 2.21. The molecule has 28 heavy (non-hydrogen) atoms. The van der Waals surface area contributed by atoms with E-state index < -0.39 is 10.0 Å². The third kappa shape index (κ3) is 5.11. The molecule has 0 unspecified atom stereocenters. The first-order valence-electron chi connectivity index (χ1n) is 9.03. The first kappa shape index (κ1) is 20.4. The summed E-state index contributed by atoms with van der Waals surface area (Å²) in [6.07, 6.45) is 2.29. The fourth-order valence-electron chi connectivity index (χ4n) is 3.01. The van der Waals surface area contributed by atoms with Crippen LogP contribution in [0.15, 0.2) is 57.8 Å². The third-order valence-electron chi connectivity index (χ3n) is 4.55. The first-order chi connectivity index (χ1) is 13.3. The lowest BCUT2D eigenvalue weighted by Crippen LogP contribution is -2.20. The number of rotatable bonds is 6. The van der Waals surface area contributed by atoms with Gasteiger partial charge in [0.2, 0.25) is 5.91 Å². The van der Waals surface area contributed by atoms with E-state index in [1.54, 1.807) is 18.2 Å². The largest absolute Gasteiger partial charge is 0.362 e. The summed E-state index contributed by atoms with van der Waals surface area (Å²) in [5.74, 6) is 0.352. The molecule has 0 aromatic heterocycles. The van der Waals surface area contributed by atoms with E-state index in [0.717, 1.165) is 18.5 Å². The van der Waals surface area contributed by atoms with Gasteiger partial charge in [-0.15, -0.1) is 4.40 Å².